The van der Waals surface area contributed by atoms with Crippen LogP contribution in [0.25, 0.3) is 0 Å². The van der Waals surface area contributed by atoms with Crippen LogP contribution < -0.4 is 5.32 Å². The highest BCUT2D eigenvalue weighted by Gasteiger charge is 2.42. The summed E-state index contributed by atoms with van der Waals surface area (Å²) in [6, 6.07) is 0.0367. The van der Waals surface area contributed by atoms with Crippen molar-refractivity contribution >= 4 is 11.6 Å². The van der Waals surface area contributed by atoms with Gasteiger partial charge in [0, 0.05) is 14.2 Å². The zero-order valence-corrected chi connectivity index (χ0v) is 13.9. The van der Waals surface area contributed by atoms with E-state index >= 15 is 0 Å². The summed E-state index contributed by atoms with van der Waals surface area (Å²) >= 11 is 6.42. The monoisotopic (exact) mass is 315 g/mol. The Morgan fingerprint density at radius 3 is 2.67 bits per heavy atom. The summed E-state index contributed by atoms with van der Waals surface area (Å²) in [5.41, 5.74) is 0.793. The largest absolute Gasteiger partial charge is 0.383 e. The highest BCUT2D eigenvalue weighted by atomic mass is 35.5. The molecule has 2 rings (SSSR count). The Balaban J connectivity index is 2.33. The van der Waals surface area contributed by atoms with Crippen LogP contribution in [0.5, 0.6) is 0 Å². The van der Waals surface area contributed by atoms with E-state index in [0.717, 1.165) is 18.5 Å². The second kappa shape index (κ2) is 7.58. The fourth-order valence-electron chi connectivity index (χ4n) is 3.42. The van der Waals surface area contributed by atoms with Crippen LogP contribution in [0.3, 0.4) is 0 Å². The van der Waals surface area contributed by atoms with Gasteiger partial charge in [0.2, 0.25) is 0 Å². The minimum absolute atomic E-state index is 0.0367. The molecule has 0 aliphatic heterocycles. The second-order valence-electron chi connectivity index (χ2n) is 5.64. The summed E-state index contributed by atoms with van der Waals surface area (Å²) in [4.78, 5) is 0. The van der Waals surface area contributed by atoms with Gasteiger partial charge < -0.3 is 14.8 Å². The van der Waals surface area contributed by atoms with Crippen molar-refractivity contribution in [2.45, 2.75) is 50.3 Å². The van der Waals surface area contributed by atoms with Crippen molar-refractivity contribution < 1.29 is 9.47 Å². The van der Waals surface area contributed by atoms with Crippen molar-refractivity contribution in [3.63, 3.8) is 0 Å². The molecule has 1 saturated carbocycles. The van der Waals surface area contributed by atoms with Gasteiger partial charge >= 0.3 is 0 Å². The molecule has 0 saturated heterocycles. The third-order valence-corrected chi connectivity index (χ3v) is 4.83. The molecule has 120 valence electrons. The highest BCUT2D eigenvalue weighted by Crippen LogP contribution is 2.42. The van der Waals surface area contributed by atoms with E-state index in [1.54, 1.807) is 20.4 Å². The zero-order chi connectivity index (χ0) is 15.3. The molecule has 1 atom stereocenters. The first-order valence-corrected chi connectivity index (χ1v) is 7.99. The molecule has 0 spiro atoms. The van der Waals surface area contributed by atoms with Gasteiger partial charge in [-0.1, -0.05) is 30.9 Å². The lowest BCUT2D eigenvalue weighted by atomic mass is 9.78. The smallest absolute Gasteiger partial charge is 0.0888 e. The molecule has 0 radical (unpaired) electrons. The second-order valence-corrected chi connectivity index (χ2v) is 6.05. The summed E-state index contributed by atoms with van der Waals surface area (Å²) in [5.74, 6) is 0. The lowest BCUT2D eigenvalue weighted by molar-refractivity contribution is -0.0691. The zero-order valence-electron chi connectivity index (χ0n) is 13.2. The molecule has 1 aliphatic rings. The quantitative estimate of drug-likeness (QED) is 0.840. The fourth-order valence-corrected chi connectivity index (χ4v) is 3.67. The van der Waals surface area contributed by atoms with Crippen LogP contribution in [0.1, 0.15) is 43.8 Å². The molecule has 21 heavy (non-hydrogen) atoms. The Morgan fingerprint density at radius 1 is 1.38 bits per heavy atom. The molecule has 1 aromatic heterocycles. The maximum atomic E-state index is 6.42. The number of methoxy groups -OCH3 is 2. The standard InChI is InChI=1S/C15H26ClN3O2/c1-17-14(15(21-3)7-5-4-6-8-15)13-12(16)11-18-19(13)9-10-20-2/h11,14,17H,4-10H2,1-3H3. The molecular weight excluding hydrogens is 290 g/mol. The van der Waals surface area contributed by atoms with Crippen LogP contribution in [0, 0.1) is 0 Å². The fraction of sp³-hybridized carbons (Fsp3) is 0.800. The van der Waals surface area contributed by atoms with Gasteiger partial charge in [-0.25, -0.2) is 0 Å². The number of halogens is 1. The van der Waals surface area contributed by atoms with Crippen LogP contribution in [0.2, 0.25) is 5.02 Å². The molecular formula is C15H26ClN3O2. The van der Waals surface area contributed by atoms with E-state index in [1.165, 1.54) is 19.3 Å². The van der Waals surface area contributed by atoms with Gasteiger partial charge in [0.05, 0.1) is 41.7 Å². The highest BCUT2D eigenvalue weighted by molar-refractivity contribution is 6.31. The maximum Gasteiger partial charge on any atom is 0.0888 e. The Bertz CT molecular complexity index is 444. The average molecular weight is 316 g/mol. The average Bonchev–Trinajstić information content (AvgIpc) is 2.88. The number of hydrogen-bond acceptors (Lipinski definition) is 4. The number of hydrogen-bond donors (Lipinski definition) is 1. The SMILES string of the molecule is CNC(c1c(Cl)cnn1CCOC)C1(OC)CCCCC1. The van der Waals surface area contributed by atoms with E-state index < -0.39 is 0 Å². The van der Waals surface area contributed by atoms with E-state index in [9.17, 15) is 0 Å². The van der Waals surface area contributed by atoms with Crippen LogP contribution in [0.4, 0.5) is 0 Å². The van der Waals surface area contributed by atoms with E-state index in [1.807, 2.05) is 11.7 Å². The van der Waals surface area contributed by atoms with E-state index in [4.69, 9.17) is 21.1 Å². The molecule has 1 unspecified atom stereocenters. The Kier molecular flexibility index (Phi) is 6.05. The normalized spacial score (nSPS) is 19.6. The third-order valence-electron chi connectivity index (χ3n) is 4.54. The van der Waals surface area contributed by atoms with E-state index in [2.05, 4.69) is 10.4 Å². The number of aromatic nitrogens is 2. The molecule has 1 heterocycles. The molecule has 5 nitrogen and oxygen atoms in total. The van der Waals surface area contributed by atoms with Crippen molar-refractivity contribution in [3.8, 4) is 0 Å². The molecule has 1 fully saturated rings. The molecule has 0 amide bonds. The predicted octanol–water partition coefficient (Wildman–Crippen LogP) is 2.79. The van der Waals surface area contributed by atoms with Crippen LogP contribution >= 0.6 is 11.6 Å². The van der Waals surface area contributed by atoms with Gasteiger partial charge in [-0.2, -0.15) is 5.10 Å². The lowest BCUT2D eigenvalue weighted by Crippen LogP contribution is -2.47. The van der Waals surface area contributed by atoms with Crippen molar-refractivity contribution in [1.29, 1.82) is 0 Å². The van der Waals surface area contributed by atoms with Gasteiger partial charge in [-0.05, 0) is 19.9 Å². The molecule has 0 aromatic carbocycles. The number of nitrogens with zero attached hydrogens (tertiary/aromatic N) is 2. The van der Waals surface area contributed by atoms with Gasteiger partial charge in [0.15, 0.2) is 0 Å². The number of ether oxygens (including phenoxy) is 2. The van der Waals surface area contributed by atoms with Crippen LogP contribution in [0.15, 0.2) is 6.20 Å². The topological polar surface area (TPSA) is 48.3 Å². The molecule has 6 heteroatoms. The lowest BCUT2D eigenvalue weighted by Gasteiger charge is -2.42. The molecule has 1 N–H and O–H groups in total. The Morgan fingerprint density at radius 2 is 2.10 bits per heavy atom. The Hall–Kier alpha value is -0.620. The summed E-state index contributed by atoms with van der Waals surface area (Å²) in [5, 5.41) is 8.49. The number of likely N-dealkylation sites (N-methyl/N-ethyl adjacent to an activating group) is 1. The summed E-state index contributed by atoms with van der Waals surface area (Å²) in [7, 11) is 5.46. The van der Waals surface area contributed by atoms with Crippen LogP contribution in [-0.2, 0) is 16.0 Å². The van der Waals surface area contributed by atoms with Gasteiger partial charge in [-0.3, -0.25) is 4.68 Å². The molecule has 1 aliphatic carbocycles. The van der Waals surface area contributed by atoms with Crippen molar-refractivity contribution in [3.05, 3.63) is 16.9 Å². The summed E-state index contributed by atoms with van der Waals surface area (Å²) < 4.78 is 13.1. The first-order valence-electron chi connectivity index (χ1n) is 7.61. The molecule has 1 aromatic rings. The maximum absolute atomic E-state index is 6.42. The minimum atomic E-state index is -0.207. The molecule has 0 bridgehead atoms. The Labute approximate surface area is 131 Å². The summed E-state index contributed by atoms with van der Waals surface area (Å²) in [6.07, 6.45) is 7.45. The first-order chi connectivity index (χ1) is 10.2. The van der Waals surface area contributed by atoms with E-state index in [-0.39, 0.29) is 11.6 Å². The van der Waals surface area contributed by atoms with E-state index in [0.29, 0.717) is 18.2 Å². The number of rotatable bonds is 7. The van der Waals surface area contributed by atoms with Gasteiger partial charge in [0.1, 0.15) is 0 Å². The van der Waals surface area contributed by atoms with Gasteiger partial charge in [-0.15, -0.1) is 0 Å². The summed E-state index contributed by atoms with van der Waals surface area (Å²) in [6.45, 7) is 1.30. The minimum Gasteiger partial charge on any atom is -0.383 e. The van der Waals surface area contributed by atoms with Crippen LogP contribution in [-0.4, -0.2) is 43.3 Å². The first kappa shape index (κ1) is 16.7. The third kappa shape index (κ3) is 3.42. The van der Waals surface area contributed by atoms with Crippen molar-refractivity contribution in [1.82, 2.24) is 15.1 Å². The van der Waals surface area contributed by atoms with Crippen molar-refractivity contribution in [2.75, 3.05) is 27.9 Å². The van der Waals surface area contributed by atoms with Gasteiger partial charge in [0.25, 0.3) is 0 Å². The number of nitrogens with one attached hydrogen (secondary N) is 1. The van der Waals surface area contributed by atoms with Crippen molar-refractivity contribution in [2.24, 2.45) is 0 Å². The predicted molar refractivity (Wildman–Crippen MR) is 83.7 cm³/mol.